The molecular weight excluding hydrogens is 264 g/mol. The lowest BCUT2D eigenvalue weighted by molar-refractivity contribution is -0.121. The summed E-state index contributed by atoms with van der Waals surface area (Å²) in [5, 5.41) is 8.09. The van der Waals surface area contributed by atoms with E-state index in [1.54, 1.807) is 12.1 Å². The van der Waals surface area contributed by atoms with Crippen LogP contribution >= 0.6 is 0 Å². The predicted octanol–water partition coefficient (Wildman–Crippen LogP) is 1.24. The van der Waals surface area contributed by atoms with Crippen LogP contribution in [0.15, 0.2) is 23.1 Å². The molecule has 0 spiro atoms. The van der Waals surface area contributed by atoms with Crippen LogP contribution in [0.4, 0.5) is 0 Å². The number of rotatable bonds is 3. The summed E-state index contributed by atoms with van der Waals surface area (Å²) < 4.78 is 22.7. The number of carbonyl (C=O) groups excluding carboxylic acids is 1. The molecule has 1 aliphatic carbocycles. The van der Waals surface area contributed by atoms with Crippen molar-refractivity contribution in [3.8, 4) is 0 Å². The molecule has 1 aliphatic rings. The van der Waals surface area contributed by atoms with E-state index < -0.39 is 10.0 Å². The number of primary sulfonamides is 1. The predicted molar refractivity (Wildman–Crippen MR) is 71.9 cm³/mol. The van der Waals surface area contributed by atoms with Gasteiger partial charge in [-0.05, 0) is 42.5 Å². The van der Waals surface area contributed by atoms with Gasteiger partial charge in [0.1, 0.15) is 0 Å². The highest BCUT2D eigenvalue weighted by Gasteiger charge is 2.22. The molecule has 104 valence electrons. The van der Waals surface area contributed by atoms with Gasteiger partial charge >= 0.3 is 0 Å². The lowest BCUT2D eigenvalue weighted by atomic mass is 9.87. The highest BCUT2D eigenvalue weighted by molar-refractivity contribution is 7.89. The molecule has 0 heterocycles. The summed E-state index contributed by atoms with van der Waals surface area (Å²) in [5.41, 5.74) is 1.96. The lowest BCUT2D eigenvalue weighted by Crippen LogP contribution is -2.30. The summed E-state index contributed by atoms with van der Waals surface area (Å²) >= 11 is 0. The van der Waals surface area contributed by atoms with Crippen molar-refractivity contribution in [1.29, 1.82) is 0 Å². The summed E-state index contributed by atoms with van der Waals surface area (Å²) in [4.78, 5) is 11.6. The first kappa shape index (κ1) is 14.0. The number of hydrogen-bond donors (Lipinski definition) is 2. The number of benzene rings is 1. The molecule has 1 amide bonds. The fourth-order valence-corrected chi connectivity index (χ4v) is 2.98. The summed E-state index contributed by atoms with van der Waals surface area (Å²) in [6, 6.07) is 4.86. The van der Waals surface area contributed by atoms with E-state index in [0.717, 1.165) is 30.4 Å². The van der Waals surface area contributed by atoms with E-state index in [1.807, 2.05) is 6.92 Å². The number of sulfonamides is 1. The standard InChI is InChI=1S/C13H18N2O3S/c1-2-13(16)15-12-5-3-4-9-8-10(19(14,17)18)6-7-11(9)12/h6-8,12H,2-5H2,1H3,(H,15,16)(H2,14,17,18). The van der Waals surface area contributed by atoms with Gasteiger partial charge in [-0.25, -0.2) is 13.6 Å². The fourth-order valence-electron chi connectivity index (χ4n) is 2.41. The Hall–Kier alpha value is -1.40. The van der Waals surface area contributed by atoms with Gasteiger partial charge in [0.25, 0.3) is 0 Å². The molecule has 19 heavy (non-hydrogen) atoms. The van der Waals surface area contributed by atoms with Crippen LogP contribution in [0.3, 0.4) is 0 Å². The lowest BCUT2D eigenvalue weighted by Gasteiger charge is -2.26. The van der Waals surface area contributed by atoms with Crippen LogP contribution < -0.4 is 10.5 Å². The molecule has 0 saturated carbocycles. The molecule has 1 aromatic rings. The van der Waals surface area contributed by atoms with E-state index >= 15 is 0 Å². The van der Waals surface area contributed by atoms with Gasteiger partial charge in [-0.3, -0.25) is 4.79 Å². The zero-order chi connectivity index (χ0) is 14.0. The van der Waals surface area contributed by atoms with Crippen LogP contribution in [0.5, 0.6) is 0 Å². The van der Waals surface area contributed by atoms with E-state index in [-0.39, 0.29) is 16.8 Å². The van der Waals surface area contributed by atoms with Crippen molar-refractivity contribution in [2.45, 2.75) is 43.5 Å². The fraction of sp³-hybridized carbons (Fsp3) is 0.462. The minimum Gasteiger partial charge on any atom is -0.349 e. The first-order valence-corrected chi connectivity index (χ1v) is 7.91. The number of hydrogen-bond acceptors (Lipinski definition) is 3. The Bertz CT molecular complexity index is 596. The van der Waals surface area contributed by atoms with Gasteiger partial charge in [0.05, 0.1) is 10.9 Å². The van der Waals surface area contributed by atoms with Gasteiger partial charge < -0.3 is 5.32 Å². The van der Waals surface area contributed by atoms with Crippen LogP contribution in [0.2, 0.25) is 0 Å². The van der Waals surface area contributed by atoms with Crippen molar-refractivity contribution < 1.29 is 13.2 Å². The van der Waals surface area contributed by atoms with Crippen LogP contribution in [0.1, 0.15) is 43.4 Å². The van der Waals surface area contributed by atoms with Gasteiger partial charge in [-0.15, -0.1) is 0 Å². The first-order chi connectivity index (χ1) is 8.91. The number of amides is 1. The van der Waals surface area contributed by atoms with Crippen molar-refractivity contribution in [2.75, 3.05) is 0 Å². The topological polar surface area (TPSA) is 89.3 Å². The van der Waals surface area contributed by atoms with Crippen LogP contribution in [-0.4, -0.2) is 14.3 Å². The molecule has 1 aromatic carbocycles. The molecule has 0 saturated heterocycles. The van der Waals surface area contributed by atoms with Gasteiger partial charge in [0.15, 0.2) is 0 Å². The number of nitrogens with one attached hydrogen (secondary N) is 1. The molecule has 3 N–H and O–H groups in total. The molecule has 0 aromatic heterocycles. The second kappa shape index (κ2) is 5.30. The van der Waals surface area contributed by atoms with Crippen LogP contribution in [-0.2, 0) is 21.2 Å². The van der Waals surface area contributed by atoms with E-state index in [2.05, 4.69) is 5.32 Å². The van der Waals surface area contributed by atoms with Crippen molar-refractivity contribution in [2.24, 2.45) is 5.14 Å². The Labute approximate surface area is 113 Å². The smallest absolute Gasteiger partial charge is 0.238 e. The Kier molecular flexibility index (Phi) is 3.91. The van der Waals surface area contributed by atoms with Crippen molar-refractivity contribution >= 4 is 15.9 Å². The highest BCUT2D eigenvalue weighted by atomic mass is 32.2. The average Bonchev–Trinajstić information content (AvgIpc) is 2.37. The monoisotopic (exact) mass is 282 g/mol. The molecule has 0 bridgehead atoms. The zero-order valence-electron chi connectivity index (χ0n) is 10.8. The van der Waals surface area contributed by atoms with Gasteiger partial charge in [-0.2, -0.15) is 0 Å². The first-order valence-electron chi connectivity index (χ1n) is 6.37. The summed E-state index contributed by atoms with van der Waals surface area (Å²) in [7, 11) is -3.67. The Morgan fingerprint density at radius 2 is 2.21 bits per heavy atom. The third-order valence-corrected chi connectivity index (χ3v) is 4.32. The molecule has 2 rings (SSSR count). The molecule has 0 radical (unpaired) electrons. The molecular formula is C13H18N2O3S. The summed E-state index contributed by atoms with van der Waals surface area (Å²) in [6.07, 6.45) is 3.07. The molecule has 1 atom stereocenters. The third-order valence-electron chi connectivity index (χ3n) is 3.41. The maximum Gasteiger partial charge on any atom is 0.238 e. The van der Waals surface area contributed by atoms with Gasteiger partial charge in [0.2, 0.25) is 15.9 Å². The average molecular weight is 282 g/mol. The minimum absolute atomic E-state index is 0.00775. The highest BCUT2D eigenvalue weighted by Crippen LogP contribution is 2.31. The Morgan fingerprint density at radius 1 is 1.47 bits per heavy atom. The number of carbonyl (C=O) groups is 1. The van der Waals surface area contributed by atoms with Crippen LogP contribution in [0.25, 0.3) is 0 Å². The SMILES string of the molecule is CCC(=O)NC1CCCc2cc(S(N)(=O)=O)ccc21. The number of nitrogens with two attached hydrogens (primary N) is 1. The minimum atomic E-state index is -3.67. The Balaban J connectivity index is 2.33. The number of aryl methyl sites for hydroxylation is 1. The van der Waals surface area contributed by atoms with Gasteiger partial charge in [-0.1, -0.05) is 13.0 Å². The zero-order valence-corrected chi connectivity index (χ0v) is 11.7. The number of fused-ring (bicyclic) bond motifs is 1. The quantitative estimate of drug-likeness (QED) is 0.874. The Morgan fingerprint density at radius 3 is 2.84 bits per heavy atom. The van der Waals surface area contributed by atoms with Crippen LogP contribution in [0, 0.1) is 0 Å². The van der Waals surface area contributed by atoms with E-state index in [1.165, 1.54) is 6.07 Å². The molecule has 0 aliphatic heterocycles. The maximum atomic E-state index is 11.5. The molecule has 6 heteroatoms. The summed E-state index contributed by atoms with van der Waals surface area (Å²) in [5.74, 6) is 0.00775. The second-order valence-electron chi connectivity index (χ2n) is 4.77. The van der Waals surface area contributed by atoms with Gasteiger partial charge in [0, 0.05) is 6.42 Å². The third kappa shape index (κ3) is 3.13. The molecule has 0 fully saturated rings. The van der Waals surface area contributed by atoms with Crippen molar-refractivity contribution in [1.82, 2.24) is 5.32 Å². The van der Waals surface area contributed by atoms with Crippen molar-refractivity contribution in [3.63, 3.8) is 0 Å². The van der Waals surface area contributed by atoms with Crippen molar-refractivity contribution in [3.05, 3.63) is 29.3 Å². The maximum absolute atomic E-state index is 11.5. The second-order valence-corrected chi connectivity index (χ2v) is 6.33. The normalized spacial score (nSPS) is 18.7. The molecule has 5 nitrogen and oxygen atoms in total. The summed E-state index contributed by atoms with van der Waals surface area (Å²) in [6.45, 7) is 1.81. The van der Waals surface area contributed by atoms with E-state index in [4.69, 9.17) is 5.14 Å². The largest absolute Gasteiger partial charge is 0.349 e. The molecule has 1 unspecified atom stereocenters. The van der Waals surface area contributed by atoms with E-state index in [0.29, 0.717) is 6.42 Å². The van der Waals surface area contributed by atoms with E-state index in [9.17, 15) is 13.2 Å².